The van der Waals surface area contributed by atoms with Crippen LogP contribution in [0.3, 0.4) is 0 Å². The normalized spacial score (nSPS) is 15.2. The van der Waals surface area contributed by atoms with Crippen LogP contribution in [0.25, 0.3) is 6.08 Å². The van der Waals surface area contributed by atoms with Gasteiger partial charge in [0.25, 0.3) is 11.5 Å². The molecule has 0 saturated carbocycles. The maximum atomic E-state index is 12.9. The molecule has 0 saturated heterocycles. The van der Waals surface area contributed by atoms with E-state index in [0.29, 0.717) is 17.0 Å². The number of aromatic hydroxyl groups is 1. The highest BCUT2D eigenvalue weighted by molar-refractivity contribution is 9.10. The fourth-order valence-electron chi connectivity index (χ4n) is 2.80. The van der Waals surface area contributed by atoms with E-state index < -0.39 is 5.56 Å². The van der Waals surface area contributed by atoms with Crippen LogP contribution >= 0.6 is 15.9 Å². The van der Waals surface area contributed by atoms with E-state index in [0.717, 1.165) is 9.04 Å². The lowest BCUT2D eigenvalue weighted by Crippen LogP contribution is -2.23. The highest BCUT2D eigenvalue weighted by atomic mass is 79.9. The van der Waals surface area contributed by atoms with Crippen molar-refractivity contribution in [1.29, 1.82) is 5.26 Å². The first-order chi connectivity index (χ1) is 12.8. The van der Waals surface area contributed by atoms with Crippen LogP contribution in [0.1, 0.15) is 23.6 Å². The number of carbonyl (C=O) groups excluding carboxylic acids is 1. The summed E-state index contributed by atoms with van der Waals surface area (Å²) in [5.41, 5.74) is 1.23. The van der Waals surface area contributed by atoms with E-state index in [1.807, 2.05) is 6.07 Å². The molecule has 0 unspecified atom stereocenters. The minimum atomic E-state index is -0.589. The number of rotatable bonds is 2. The highest BCUT2D eigenvalue weighted by Crippen LogP contribution is 2.29. The van der Waals surface area contributed by atoms with Gasteiger partial charge in [0.1, 0.15) is 11.6 Å². The number of hydrogen-bond acceptors (Lipinski definition) is 5. The molecule has 0 fully saturated rings. The lowest BCUT2D eigenvalue weighted by molar-refractivity contribution is -0.114. The molecule has 1 N–H and O–H groups in total. The van der Waals surface area contributed by atoms with Crippen molar-refractivity contribution in [3.63, 3.8) is 0 Å². The molecule has 1 aliphatic heterocycles. The molecule has 1 aliphatic rings. The Labute approximate surface area is 163 Å². The zero-order chi connectivity index (χ0) is 19.9. The van der Waals surface area contributed by atoms with Crippen molar-refractivity contribution >= 4 is 39.3 Å². The molecular formula is C19H15BrN4O3. The zero-order valence-electron chi connectivity index (χ0n) is 14.8. The van der Waals surface area contributed by atoms with E-state index in [9.17, 15) is 20.0 Å². The Bertz CT molecular complexity index is 1120. The van der Waals surface area contributed by atoms with Gasteiger partial charge in [-0.1, -0.05) is 15.9 Å². The van der Waals surface area contributed by atoms with Gasteiger partial charge in [-0.25, -0.2) is 0 Å². The van der Waals surface area contributed by atoms with Gasteiger partial charge in [0.05, 0.1) is 17.0 Å². The van der Waals surface area contributed by atoms with Gasteiger partial charge in [-0.2, -0.15) is 15.4 Å². The summed E-state index contributed by atoms with van der Waals surface area (Å²) < 4.78 is 1.86. The first-order valence-electron chi connectivity index (χ1n) is 7.96. The van der Waals surface area contributed by atoms with Crippen molar-refractivity contribution in [3.05, 3.63) is 61.4 Å². The van der Waals surface area contributed by atoms with E-state index in [1.54, 1.807) is 38.1 Å². The van der Waals surface area contributed by atoms with E-state index in [2.05, 4.69) is 21.0 Å². The summed E-state index contributed by atoms with van der Waals surface area (Å²) in [6.07, 6.45) is 1.46. The van der Waals surface area contributed by atoms with Crippen LogP contribution < -0.4 is 10.6 Å². The van der Waals surface area contributed by atoms with Crippen LogP contribution in [0.5, 0.6) is 5.88 Å². The number of nitriles is 1. The smallest absolute Gasteiger partial charge is 0.280 e. The van der Waals surface area contributed by atoms with Gasteiger partial charge in [-0.3, -0.25) is 14.2 Å². The number of aromatic nitrogens is 1. The number of amides is 1. The van der Waals surface area contributed by atoms with Gasteiger partial charge >= 0.3 is 0 Å². The third kappa shape index (κ3) is 3.06. The fourth-order valence-corrected chi connectivity index (χ4v) is 3.06. The Morgan fingerprint density at radius 3 is 2.44 bits per heavy atom. The van der Waals surface area contributed by atoms with Crippen molar-refractivity contribution < 1.29 is 9.90 Å². The number of anilines is 1. The molecule has 0 spiro atoms. The minimum Gasteiger partial charge on any atom is -0.494 e. The topological polar surface area (TPSA) is 98.7 Å². The molecular weight excluding hydrogens is 412 g/mol. The average Bonchev–Trinajstić information content (AvgIpc) is 2.92. The summed E-state index contributed by atoms with van der Waals surface area (Å²) in [5, 5.41) is 25.2. The zero-order valence-corrected chi connectivity index (χ0v) is 16.4. The summed E-state index contributed by atoms with van der Waals surface area (Å²) >= 11 is 3.35. The van der Waals surface area contributed by atoms with E-state index in [4.69, 9.17) is 0 Å². The molecule has 1 aromatic heterocycles. The van der Waals surface area contributed by atoms with E-state index >= 15 is 0 Å². The van der Waals surface area contributed by atoms with E-state index in [1.165, 1.54) is 18.1 Å². The monoisotopic (exact) mass is 426 g/mol. The molecule has 27 heavy (non-hydrogen) atoms. The number of carbonyl (C=O) groups is 1. The molecule has 0 aliphatic carbocycles. The fraction of sp³-hybridized carbons (Fsp3) is 0.158. The van der Waals surface area contributed by atoms with Gasteiger partial charge in [-0.15, -0.1) is 0 Å². The van der Waals surface area contributed by atoms with Crippen LogP contribution in [0.15, 0.2) is 44.2 Å². The first-order valence-corrected chi connectivity index (χ1v) is 8.75. The summed E-state index contributed by atoms with van der Waals surface area (Å²) in [5.74, 6) is -0.673. The predicted molar refractivity (Wildman–Crippen MR) is 106 cm³/mol. The van der Waals surface area contributed by atoms with Crippen molar-refractivity contribution in [3.8, 4) is 11.9 Å². The third-order valence-corrected chi connectivity index (χ3v) is 4.92. The second kappa shape index (κ2) is 6.85. The van der Waals surface area contributed by atoms with Crippen LogP contribution in [0.4, 0.5) is 5.69 Å². The number of hydrazone groups is 1. The Morgan fingerprint density at radius 1 is 1.22 bits per heavy atom. The molecule has 1 amide bonds. The molecule has 1 aromatic carbocycles. The van der Waals surface area contributed by atoms with Crippen LogP contribution in [0, 0.1) is 18.3 Å². The average molecular weight is 427 g/mol. The predicted octanol–water partition coefficient (Wildman–Crippen LogP) is 2.84. The maximum absolute atomic E-state index is 12.9. The standard InChI is InChI=1S/C19H15BrN4O3/c1-10-14(17(25)23(3)18(26)16(10)9-21)8-15-11(2)22-24(19(15)27)13-6-4-12(20)5-7-13/h4-8,25H,1-3H3. The van der Waals surface area contributed by atoms with Crippen LogP contribution in [-0.2, 0) is 11.8 Å². The Morgan fingerprint density at radius 2 is 1.85 bits per heavy atom. The number of nitrogens with zero attached hydrogens (tertiary/aromatic N) is 4. The first kappa shape index (κ1) is 18.6. The Kier molecular flexibility index (Phi) is 4.72. The number of hydrogen-bond donors (Lipinski definition) is 1. The molecule has 136 valence electrons. The lowest BCUT2D eigenvalue weighted by Gasteiger charge is -2.13. The Balaban J connectivity index is 2.12. The molecule has 2 heterocycles. The van der Waals surface area contributed by atoms with Crippen molar-refractivity contribution in [2.45, 2.75) is 13.8 Å². The van der Waals surface area contributed by atoms with Crippen LogP contribution in [0.2, 0.25) is 0 Å². The summed E-state index contributed by atoms with van der Waals surface area (Å²) in [6.45, 7) is 3.24. The third-order valence-electron chi connectivity index (χ3n) is 4.39. The number of benzene rings is 1. The molecule has 8 heteroatoms. The molecule has 0 atom stereocenters. The minimum absolute atomic E-state index is 0.0769. The van der Waals surface area contributed by atoms with Gasteiger partial charge in [0, 0.05) is 17.1 Å². The van der Waals surface area contributed by atoms with Gasteiger partial charge in [-0.05, 0) is 49.8 Å². The van der Waals surface area contributed by atoms with Crippen molar-refractivity contribution in [2.75, 3.05) is 5.01 Å². The Hall–Kier alpha value is -3.18. The molecule has 3 rings (SSSR count). The number of pyridine rings is 1. The highest BCUT2D eigenvalue weighted by Gasteiger charge is 2.29. The summed E-state index contributed by atoms with van der Waals surface area (Å²) in [4.78, 5) is 24.9. The van der Waals surface area contributed by atoms with Gasteiger partial charge in [0.2, 0.25) is 5.88 Å². The molecule has 0 radical (unpaired) electrons. The molecule has 0 bridgehead atoms. The number of halogens is 1. The second-order valence-corrected chi connectivity index (χ2v) is 6.97. The van der Waals surface area contributed by atoms with Gasteiger partial charge in [0.15, 0.2) is 0 Å². The SMILES string of the molecule is CC1=NN(c2ccc(Br)cc2)C(=O)C1=Cc1c(C)c(C#N)c(=O)n(C)c1O. The molecule has 7 nitrogen and oxygen atoms in total. The summed E-state index contributed by atoms with van der Waals surface area (Å²) in [7, 11) is 1.37. The second-order valence-electron chi connectivity index (χ2n) is 6.05. The maximum Gasteiger partial charge on any atom is 0.280 e. The molecule has 2 aromatic rings. The van der Waals surface area contributed by atoms with Crippen LogP contribution in [-0.4, -0.2) is 21.3 Å². The van der Waals surface area contributed by atoms with Crippen molar-refractivity contribution in [1.82, 2.24) is 4.57 Å². The quantitative estimate of drug-likeness (QED) is 0.746. The van der Waals surface area contributed by atoms with E-state index in [-0.39, 0.29) is 28.5 Å². The largest absolute Gasteiger partial charge is 0.494 e. The van der Waals surface area contributed by atoms with Gasteiger partial charge < -0.3 is 5.11 Å². The van der Waals surface area contributed by atoms with Crippen molar-refractivity contribution in [2.24, 2.45) is 12.1 Å². The lowest BCUT2D eigenvalue weighted by atomic mass is 10.0. The summed E-state index contributed by atoms with van der Waals surface area (Å²) in [6, 6.07) is 8.97.